The minimum absolute atomic E-state index is 0.0703. The third-order valence-electron chi connectivity index (χ3n) is 4.51. The van der Waals surface area contributed by atoms with Gasteiger partial charge >= 0.3 is 5.97 Å². The number of ether oxygens (including phenoxy) is 1. The van der Waals surface area contributed by atoms with Crippen molar-refractivity contribution in [2.75, 3.05) is 25.6 Å². The lowest BCUT2D eigenvalue weighted by atomic mass is 10.2. The van der Waals surface area contributed by atoms with Gasteiger partial charge in [0, 0.05) is 19.0 Å². The zero-order chi connectivity index (χ0) is 20.5. The average molecular weight is 426 g/mol. The molecular weight excluding hydrogens is 406 g/mol. The van der Waals surface area contributed by atoms with E-state index in [9.17, 15) is 9.59 Å². The van der Waals surface area contributed by atoms with Crippen molar-refractivity contribution in [2.45, 2.75) is 11.8 Å². The molecule has 1 amide bonds. The molecule has 1 saturated heterocycles. The van der Waals surface area contributed by atoms with Crippen molar-refractivity contribution >= 4 is 51.9 Å². The smallest absolute Gasteiger partial charge is 0.338 e. The van der Waals surface area contributed by atoms with Crippen LogP contribution in [0, 0.1) is 0 Å². The molecule has 0 unspecified atom stereocenters. The molecule has 0 atom stereocenters. The molecule has 0 aliphatic carbocycles. The second kappa shape index (κ2) is 7.96. The van der Waals surface area contributed by atoms with Crippen LogP contribution >= 0.6 is 23.5 Å². The monoisotopic (exact) mass is 425 g/mol. The molecule has 1 fully saturated rings. The molecule has 2 aromatic rings. The average Bonchev–Trinajstić information content (AvgIpc) is 3.20. The minimum Gasteiger partial charge on any atom is -0.462 e. The number of carbonyl (C=O) groups is 2. The van der Waals surface area contributed by atoms with Crippen molar-refractivity contribution < 1.29 is 14.3 Å². The molecule has 148 valence electrons. The van der Waals surface area contributed by atoms with Gasteiger partial charge in [-0.3, -0.25) is 9.69 Å². The number of nitrogens with zero attached hydrogens (tertiary/aromatic N) is 3. The molecule has 8 heteroatoms. The van der Waals surface area contributed by atoms with Crippen LogP contribution in [0.3, 0.4) is 0 Å². The van der Waals surface area contributed by atoms with Crippen LogP contribution in [0.15, 0.2) is 68.4 Å². The quantitative estimate of drug-likeness (QED) is 0.534. The van der Waals surface area contributed by atoms with Gasteiger partial charge in [0.05, 0.1) is 28.6 Å². The first-order chi connectivity index (χ1) is 14.0. The molecule has 2 aromatic carbocycles. The van der Waals surface area contributed by atoms with E-state index in [1.54, 1.807) is 54.9 Å². The Kier molecular flexibility index (Phi) is 5.38. The fourth-order valence-corrected chi connectivity index (χ4v) is 5.31. The Morgan fingerprint density at radius 2 is 1.76 bits per heavy atom. The van der Waals surface area contributed by atoms with Gasteiger partial charge in [-0.1, -0.05) is 23.9 Å². The summed E-state index contributed by atoms with van der Waals surface area (Å²) in [6.45, 7) is 2.10. The summed E-state index contributed by atoms with van der Waals surface area (Å²) in [7, 11) is 3.69. The van der Waals surface area contributed by atoms with Crippen LogP contribution in [0.2, 0.25) is 0 Å². The van der Waals surface area contributed by atoms with Crippen molar-refractivity contribution in [1.29, 1.82) is 0 Å². The van der Waals surface area contributed by atoms with Gasteiger partial charge in [0.25, 0.3) is 5.91 Å². The number of aliphatic imine (C=N–C) groups is 1. The molecule has 2 heterocycles. The van der Waals surface area contributed by atoms with Crippen molar-refractivity contribution in [3.63, 3.8) is 0 Å². The molecule has 4 rings (SSSR count). The number of amides is 1. The number of hydrogen-bond donors (Lipinski definition) is 0. The number of para-hydroxylation sites is 1. The SMILES string of the molecule is CCOC(=O)c1ccc(N=C2S/C(=C3\Sc4ccccc4N3C)C(=O)N2C)cc1. The lowest BCUT2D eigenvalue weighted by molar-refractivity contribution is -0.121. The van der Waals surface area contributed by atoms with Gasteiger partial charge in [-0.15, -0.1) is 0 Å². The predicted octanol–water partition coefficient (Wildman–Crippen LogP) is 4.47. The first-order valence-corrected chi connectivity index (χ1v) is 10.7. The molecule has 0 aromatic heterocycles. The second-order valence-electron chi connectivity index (χ2n) is 6.39. The van der Waals surface area contributed by atoms with Crippen molar-refractivity contribution in [1.82, 2.24) is 4.90 Å². The molecule has 0 bridgehead atoms. The van der Waals surface area contributed by atoms with Crippen LogP contribution in [0.1, 0.15) is 17.3 Å². The summed E-state index contributed by atoms with van der Waals surface area (Å²) >= 11 is 2.96. The van der Waals surface area contributed by atoms with Crippen LogP contribution < -0.4 is 4.90 Å². The number of carbonyl (C=O) groups excluding carboxylic acids is 2. The standard InChI is InChI=1S/C21H19N3O3S2/c1-4-27-20(26)13-9-11-14(12-10-13)22-21-24(3)18(25)17(29-21)19-23(2)15-7-5-6-8-16(15)28-19/h5-12H,4H2,1-3H3/b19-17-,22-21?. The number of amidine groups is 1. The summed E-state index contributed by atoms with van der Waals surface area (Å²) in [6.07, 6.45) is 0. The van der Waals surface area contributed by atoms with E-state index < -0.39 is 0 Å². The highest BCUT2D eigenvalue weighted by Gasteiger charge is 2.37. The van der Waals surface area contributed by atoms with Gasteiger partial charge < -0.3 is 9.64 Å². The highest BCUT2D eigenvalue weighted by molar-refractivity contribution is 8.19. The number of hydrogen-bond acceptors (Lipinski definition) is 7. The molecule has 0 radical (unpaired) electrons. The Hall–Kier alpha value is -2.71. The summed E-state index contributed by atoms with van der Waals surface area (Å²) in [5, 5.41) is 1.52. The summed E-state index contributed by atoms with van der Waals surface area (Å²) in [5.41, 5.74) is 2.24. The van der Waals surface area contributed by atoms with E-state index in [1.807, 2.05) is 30.1 Å². The molecule has 0 saturated carbocycles. The van der Waals surface area contributed by atoms with Gasteiger partial charge in [-0.2, -0.15) is 0 Å². The second-order valence-corrected chi connectivity index (χ2v) is 8.40. The van der Waals surface area contributed by atoms with Gasteiger partial charge in [0.15, 0.2) is 5.17 Å². The summed E-state index contributed by atoms with van der Waals surface area (Å²) in [5.74, 6) is -0.429. The third kappa shape index (κ3) is 3.65. The topological polar surface area (TPSA) is 62.2 Å². The first kappa shape index (κ1) is 19.6. The normalized spacial score (nSPS) is 19.8. The molecule has 0 spiro atoms. The Balaban J connectivity index is 1.60. The maximum absolute atomic E-state index is 12.9. The van der Waals surface area contributed by atoms with E-state index in [1.165, 1.54) is 11.8 Å². The Labute approximate surface area is 177 Å². The van der Waals surface area contributed by atoms with Crippen molar-refractivity contribution in [2.24, 2.45) is 4.99 Å². The summed E-state index contributed by atoms with van der Waals surface area (Å²) in [4.78, 5) is 34.7. The number of esters is 1. The highest BCUT2D eigenvalue weighted by atomic mass is 32.2. The van der Waals surface area contributed by atoms with Crippen molar-refractivity contribution in [3.8, 4) is 0 Å². The number of benzene rings is 2. The number of anilines is 1. The third-order valence-corrected chi connectivity index (χ3v) is 7.00. The van der Waals surface area contributed by atoms with E-state index >= 15 is 0 Å². The molecular formula is C21H19N3O3S2. The molecule has 29 heavy (non-hydrogen) atoms. The zero-order valence-electron chi connectivity index (χ0n) is 16.2. The molecule has 6 nitrogen and oxygen atoms in total. The van der Waals surface area contributed by atoms with Gasteiger partial charge in [0.1, 0.15) is 4.91 Å². The highest BCUT2D eigenvalue weighted by Crippen LogP contribution is 2.49. The van der Waals surface area contributed by atoms with Crippen LogP contribution in [-0.2, 0) is 9.53 Å². The summed E-state index contributed by atoms with van der Waals surface area (Å²) in [6, 6.07) is 14.9. The van der Waals surface area contributed by atoms with Crippen LogP contribution in [0.4, 0.5) is 11.4 Å². The largest absolute Gasteiger partial charge is 0.462 e. The van der Waals surface area contributed by atoms with Crippen LogP contribution in [0.5, 0.6) is 0 Å². The number of thioether (sulfide) groups is 2. The summed E-state index contributed by atoms with van der Waals surface area (Å²) < 4.78 is 5.00. The first-order valence-electron chi connectivity index (χ1n) is 9.06. The van der Waals surface area contributed by atoms with E-state index in [4.69, 9.17) is 4.74 Å². The lowest BCUT2D eigenvalue weighted by Crippen LogP contribution is -2.24. The van der Waals surface area contributed by atoms with E-state index in [0.29, 0.717) is 27.9 Å². The lowest BCUT2D eigenvalue weighted by Gasteiger charge is -2.14. The van der Waals surface area contributed by atoms with Gasteiger partial charge in [-0.25, -0.2) is 9.79 Å². The molecule has 0 N–H and O–H groups in total. The van der Waals surface area contributed by atoms with E-state index in [2.05, 4.69) is 11.1 Å². The fraction of sp³-hybridized carbons (Fsp3) is 0.190. The van der Waals surface area contributed by atoms with Crippen LogP contribution in [-0.4, -0.2) is 42.6 Å². The molecule has 2 aliphatic heterocycles. The Morgan fingerprint density at radius 3 is 2.45 bits per heavy atom. The number of likely N-dealkylation sites (N-methyl/N-ethyl adjacent to an activating group) is 1. The number of fused-ring (bicyclic) bond motifs is 1. The zero-order valence-corrected chi connectivity index (χ0v) is 17.8. The van der Waals surface area contributed by atoms with Gasteiger partial charge in [-0.05, 0) is 55.1 Å². The van der Waals surface area contributed by atoms with Crippen molar-refractivity contribution in [3.05, 3.63) is 64.0 Å². The number of rotatable bonds is 3. The van der Waals surface area contributed by atoms with Crippen LogP contribution in [0.25, 0.3) is 0 Å². The minimum atomic E-state index is -0.359. The maximum Gasteiger partial charge on any atom is 0.338 e. The Morgan fingerprint density at radius 1 is 1.03 bits per heavy atom. The fourth-order valence-electron chi connectivity index (χ4n) is 2.97. The van der Waals surface area contributed by atoms with E-state index in [-0.39, 0.29) is 11.9 Å². The predicted molar refractivity (Wildman–Crippen MR) is 118 cm³/mol. The maximum atomic E-state index is 12.9. The van der Waals surface area contributed by atoms with Gasteiger partial charge in [0.2, 0.25) is 0 Å². The molecule has 2 aliphatic rings. The van der Waals surface area contributed by atoms with E-state index in [0.717, 1.165) is 15.6 Å². The Bertz CT molecular complexity index is 1050.